The maximum atomic E-state index is 4.91. The number of oxime groups is 1. The van der Waals surface area contributed by atoms with E-state index in [2.05, 4.69) is 22.3 Å². The van der Waals surface area contributed by atoms with Crippen LogP contribution in [0.25, 0.3) is 0 Å². The van der Waals surface area contributed by atoms with Crippen LogP contribution < -0.4 is 0 Å². The van der Waals surface area contributed by atoms with Crippen molar-refractivity contribution in [2.75, 3.05) is 7.11 Å². The van der Waals surface area contributed by atoms with Crippen molar-refractivity contribution in [1.29, 1.82) is 0 Å². The van der Waals surface area contributed by atoms with Gasteiger partial charge in [-0.2, -0.15) is 0 Å². The van der Waals surface area contributed by atoms with Crippen LogP contribution in [-0.2, 0) is 4.84 Å². The van der Waals surface area contributed by atoms with Crippen molar-refractivity contribution in [3.05, 3.63) is 29.6 Å². The first-order valence-corrected chi connectivity index (χ1v) is 5.96. The van der Waals surface area contributed by atoms with E-state index >= 15 is 0 Å². The van der Waals surface area contributed by atoms with Gasteiger partial charge >= 0.3 is 0 Å². The summed E-state index contributed by atoms with van der Waals surface area (Å²) in [6.07, 6.45) is 7.00. The minimum absolute atomic E-state index is 0.591. The molecule has 0 aromatic carbocycles. The van der Waals surface area contributed by atoms with Crippen molar-refractivity contribution >= 4 is 5.71 Å². The predicted octanol–water partition coefficient (Wildman–Crippen LogP) is 2.72. The largest absolute Gasteiger partial charge is 0.399 e. The minimum Gasteiger partial charge on any atom is -0.399 e. The molecule has 3 nitrogen and oxygen atoms in total. The Morgan fingerprint density at radius 1 is 1.31 bits per heavy atom. The van der Waals surface area contributed by atoms with E-state index in [0.717, 1.165) is 17.2 Å². The molecule has 2 aliphatic carbocycles. The molecule has 0 N–H and O–H groups in total. The van der Waals surface area contributed by atoms with Gasteiger partial charge in [0, 0.05) is 29.3 Å². The molecule has 1 aromatic rings. The summed E-state index contributed by atoms with van der Waals surface area (Å²) >= 11 is 0. The van der Waals surface area contributed by atoms with Crippen molar-refractivity contribution in [1.82, 2.24) is 4.98 Å². The van der Waals surface area contributed by atoms with E-state index in [9.17, 15) is 0 Å². The highest BCUT2D eigenvalue weighted by Gasteiger charge is 2.30. The van der Waals surface area contributed by atoms with Gasteiger partial charge in [0.2, 0.25) is 0 Å². The summed E-state index contributed by atoms with van der Waals surface area (Å²) in [6.45, 7) is 0. The third kappa shape index (κ3) is 1.94. The molecule has 1 heterocycles. The number of aromatic nitrogens is 1. The van der Waals surface area contributed by atoms with Gasteiger partial charge in [-0.05, 0) is 37.8 Å². The van der Waals surface area contributed by atoms with Crippen LogP contribution in [-0.4, -0.2) is 17.8 Å². The van der Waals surface area contributed by atoms with Crippen LogP contribution in [0, 0.1) is 5.92 Å². The van der Waals surface area contributed by atoms with E-state index in [1.165, 1.54) is 31.4 Å². The number of nitrogens with zero attached hydrogens (tertiary/aromatic N) is 2. The third-order valence-corrected chi connectivity index (χ3v) is 3.23. The Kier molecular flexibility index (Phi) is 2.39. The molecule has 0 saturated heterocycles. The van der Waals surface area contributed by atoms with Crippen LogP contribution in [0.3, 0.4) is 0 Å². The lowest BCUT2D eigenvalue weighted by atomic mass is 10.1. The first-order valence-electron chi connectivity index (χ1n) is 5.96. The first kappa shape index (κ1) is 9.82. The van der Waals surface area contributed by atoms with Crippen molar-refractivity contribution in [3.8, 4) is 0 Å². The molecule has 0 aliphatic heterocycles. The maximum absolute atomic E-state index is 4.91. The van der Waals surface area contributed by atoms with Crippen molar-refractivity contribution in [2.45, 2.75) is 31.6 Å². The van der Waals surface area contributed by atoms with Gasteiger partial charge in [0.25, 0.3) is 0 Å². The fraction of sp³-hybridized carbons (Fsp3) is 0.538. The Bertz CT molecular complexity index is 402. The van der Waals surface area contributed by atoms with E-state index in [-0.39, 0.29) is 0 Å². The molecular formula is C13H16N2O. The van der Waals surface area contributed by atoms with Gasteiger partial charge in [0.05, 0.1) is 5.71 Å². The van der Waals surface area contributed by atoms with E-state index in [4.69, 9.17) is 4.84 Å². The average molecular weight is 216 g/mol. The molecule has 0 spiro atoms. The normalized spacial score (nSPS) is 20.9. The molecule has 3 heteroatoms. The SMILES string of the molecule is CON=C(c1ccc(C2CC2)nc1)C1CC1. The zero-order valence-corrected chi connectivity index (χ0v) is 9.52. The molecule has 0 bridgehead atoms. The second kappa shape index (κ2) is 3.89. The summed E-state index contributed by atoms with van der Waals surface area (Å²) in [5.74, 6) is 1.31. The van der Waals surface area contributed by atoms with E-state index < -0.39 is 0 Å². The Balaban J connectivity index is 1.83. The van der Waals surface area contributed by atoms with Crippen molar-refractivity contribution in [3.63, 3.8) is 0 Å². The van der Waals surface area contributed by atoms with Gasteiger partial charge in [-0.15, -0.1) is 0 Å². The number of hydrogen-bond acceptors (Lipinski definition) is 3. The van der Waals surface area contributed by atoms with Gasteiger partial charge in [0.1, 0.15) is 7.11 Å². The summed E-state index contributed by atoms with van der Waals surface area (Å²) in [7, 11) is 1.61. The summed E-state index contributed by atoms with van der Waals surface area (Å²) in [6, 6.07) is 4.28. The molecule has 0 unspecified atom stereocenters. The highest BCUT2D eigenvalue weighted by molar-refractivity contribution is 6.03. The maximum Gasteiger partial charge on any atom is 0.106 e. The van der Waals surface area contributed by atoms with Crippen LogP contribution in [0.2, 0.25) is 0 Å². The van der Waals surface area contributed by atoms with Crippen LogP contribution in [0.15, 0.2) is 23.5 Å². The van der Waals surface area contributed by atoms with Crippen LogP contribution in [0.1, 0.15) is 42.9 Å². The minimum atomic E-state index is 0.591. The van der Waals surface area contributed by atoms with Gasteiger partial charge in [-0.1, -0.05) is 5.16 Å². The highest BCUT2D eigenvalue weighted by Crippen LogP contribution is 2.39. The monoisotopic (exact) mass is 216 g/mol. The summed E-state index contributed by atoms with van der Waals surface area (Å²) in [4.78, 5) is 9.43. The number of hydrogen-bond donors (Lipinski definition) is 0. The smallest absolute Gasteiger partial charge is 0.106 e. The van der Waals surface area contributed by atoms with Gasteiger partial charge < -0.3 is 4.84 Å². The molecule has 2 aliphatic rings. The first-order chi connectivity index (χ1) is 7.88. The molecule has 16 heavy (non-hydrogen) atoms. The summed E-state index contributed by atoms with van der Waals surface area (Å²) in [5.41, 5.74) is 3.42. The molecule has 2 fully saturated rings. The Labute approximate surface area is 95.5 Å². The average Bonchev–Trinajstić information content (AvgIpc) is 3.19. The van der Waals surface area contributed by atoms with Crippen LogP contribution in [0.5, 0.6) is 0 Å². The molecule has 2 saturated carbocycles. The molecule has 84 valence electrons. The lowest BCUT2D eigenvalue weighted by molar-refractivity contribution is 0.212. The van der Waals surface area contributed by atoms with Gasteiger partial charge in [-0.3, -0.25) is 4.98 Å². The van der Waals surface area contributed by atoms with Gasteiger partial charge in [0.15, 0.2) is 0 Å². The van der Waals surface area contributed by atoms with E-state index in [1.807, 2.05) is 6.20 Å². The molecule has 0 amide bonds. The molecule has 3 rings (SSSR count). The molecule has 0 atom stereocenters. The van der Waals surface area contributed by atoms with Crippen LogP contribution in [0.4, 0.5) is 0 Å². The number of pyridine rings is 1. The predicted molar refractivity (Wildman–Crippen MR) is 62.5 cm³/mol. The fourth-order valence-electron chi connectivity index (χ4n) is 2.00. The summed E-state index contributed by atoms with van der Waals surface area (Å²) in [5, 5.41) is 4.12. The van der Waals surface area contributed by atoms with E-state index in [1.54, 1.807) is 7.11 Å². The van der Waals surface area contributed by atoms with Crippen molar-refractivity contribution < 1.29 is 4.84 Å². The Morgan fingerprint density at radius 3 is 2.62 bits per heavy atom. The zero-order valence-electron chi connectivity index (χ0n) is 9.52. The Hall–Kier alpha value is -1.38. The Morgan fingerprint density at radius 2 is 2.12 bits per heavy atom. The number of rotatable bonds is 4. The lowest BCUT2D eigenvalue weighted by Gasteiger charge is -2.04. The molecule has 0 radical (unpaired) electrons. The fourth-order valence-corrected chi connectivity index (χ4v) is 2.00. The second-order valence-electron chi connectivity index (χ2n) is 4.68. The van der Waals surface area contributed by atoms with Gasteiger partial charge in [-0.25, -0.2) is 0 Å². The van der Waals surface area contributed by atoms with Crippen LogP contribution >= 0.6 is 0 Å². The standard InChI is InChI=1S/C13H16N2O/c1-16-15-13(10-4-5-10)11-6-7-12(14-8-11)9-2-3-9/h6-10H,2-5H2,1H3. The molecule has 1 aromatic heterocycles. The molecular weight excluding hydrogens is 200 g/mol. The topological polar surface area (TPSA) is 34.5 Å². The third-order valence-electron chi connectivity index (χ3n) is 3.23. The highest BCUT2D eigenvalue weighted by atomic mass is 16.6. The van der Waals surface area contributed by atoms with Crippen molar-refractivity contribution in [2.24, 2.45) is 11.1 Å². The summed E-state index contributed by atoms with van der Waals surface area (Å²) < 4.78 is 0. The zero-order chi connectivity index (χ0) is 11.0. The van der Waals surface area contributed by atoms with E-state index in [0.29, 0.717) is 5.92 Å². The lowest BCUT2D eigenvalue weighted by Crippen LogP contribution is -2.05. The second-order valence-corrected chi connectivity index (χ2v) is 4.68. The quantitative estimate of drug-likeness (QED) is 0.573.